The molecule has 4 heterocycles. The number of nitrogens with one attached hydrogen (secondary N) is 1. The minimum absolute atomic E-state index is 0.0488. The molecule has 2 aromatic rings. The van der Waals surface area contributed by atoms with E-state index in [-0.39, 0.29) is 5.91 Å². The van der Waals surface area contributed by atoms with Gasteiger partial charge in [-0.2, -0.15) is 4.98 Å². The van der Waals surface area contributed by atoms with Gasteiger partial charge in [-0.25, -0.2) is 9.97 Å². The minimum atomic E-state index is 0.0488. The highest BCUT2D eigenvalue weighted by Crippen LogP contribution is 2.33. The lowest BCUT2D eigenvalue weighted by atomic mass is 9.79. The van der Waals surface area contributed by atoms with E-state index in [0.717, 1.165) is 62.8 Å². The van der Waals surface area contributed by atoms with Gasteiger partial charge in [0.1, 0.15) is 5.69 Å². The summed E-state index contributed by atoms with van der Waals surface area (Å²) in [5.74, 6) is 2.69. The SMILES string of the molecule is COc1cc(C)nc(N2CCCC(C3CCN(C(=O)c4nc[nH]c4C)CC3)C2)n1. The molecule has 2 aliphatic rings. The summed E-state index contributed by atoms with van der Waals surface area (Å²) < 4.78 is 5.32. The largest absolute Gasteiger partial charge is 0.481 e. The number of likely N-dealkylation sites (tertiary alicyclic amines) is 1. The number of carbonyl (C=O) groups excluding carboxylic acids is 1. The van der Waals surface area contributed by atoms with Gasteiger partial charge in [-0.3, -0.25) is 4.79 Å². The predicted octanol–water partition coefficient (Wildman–Crippen LogP) is 2.59. The molecular formula is C21H30N6O2. The molecule has 2 aromatic heterocycles. The number of aryl methyl sites for hydroxylation is 2. The minimum Gasteiger partial charge on any atom is -0.481 e. The van der Waals surface area contributed by atoms with Crippen molar-refractivity contribution >= 4 is 11.9 Å². The highest BCUT2D eigenvalue weighted by Gasteiger charge is 2.33. The molecule has 156 valence electrons. The van der Waals surface area contributed by atoms with Crippen LogP contribution in [0.15, 0.2) is 12.4 Å². The van der Waals surface area contributed by atoms with Gasteiger partial charge < -0.3 is 19.5 Å². The molecule has 1 unspecified atom stereocenters. The zero-order valence-electron chi connectivity index (χ0n) is 17.5. The van der Waals surface area contributed by atoms with Crippen molar-refractivity contribution in [2.24, 2.45) is 11.8 Å². The number of methoxy groups -OCH3 is 1. The Morgan fingerprint density at radius 1 is 1.14 bits per heavy atom. The Bertz CT molecular complexity index is 859. The van der Waals surface area contributed by atoms with Crippen molar-refractivity contribution in [1.82, 2.24) is 24.8 Å². The fourth-order valence-electron chi connectivity index (χ4n) is 4.65. The quantitative estimate of drug-likeness (QED) is 0.852. The van der Waals surface area contributed by atoms with Crippen molar-refractivity contribution in [3.05, 3.63) is 29.5 Å². The summed E-state index contributed by atoms with van der Waals surface area (Å²) in [6.45, 7) is 7.44. The summed E-state index contributed by atoms with van der Waals surface area (Å²) in [4.78, 5) is 33.3. The number of hydrogen-bond acceptors (Lipinski definition) is 6. The first-order valence-electron chi connectivity index (χ1n) is 10.5. The van der Waals surface area contributed by atoms with Crippen LogP contribution in [0.2, 0.25) is 0 Å². The van der Waals surface area contributed by atoms with E-state index in [1.807, 2.05) is 24.8 Å². The zero-order chi connectivity index (χ0) is 20.4. The maximum atomic E-state index is 12.7. The third-order valence-corrected chi connectivity index (χ3v) is 6.29. The van der Waals surface area contributed by atoms with Crippen LogP contribution in [-0.2, 0) is 0 Å². The van der Waals surface area contributed by atoms with Crippen LogP contribution >= 0.6 is 0 Å². The Labute approximate surface area is 171 Å². The first-order chi connectivity index (χ1) is 14.0. The molecule has 1 atom stereocenters. The number of ether oxygens (including phenoxy) is 1. The summed E-state index contributed by atoms with van der Waals surface area (Å²) >= 11 is 0. The summed E-state index contributed by atoms with van der Waals surface area (Å²) in [5.41, 5.74) is 2.32. The first-order valence-corrected chi connectivity index (χ1v) is 10.5. The van der Waals surface area contributed by atoms with E-state index in [9.17, 15) is 4.79 Å². The van der Waals surface area contributed by atoms with Crippen molar-refractivity contribution in [2.45, 2.75) is 39.5 Å². The first kappa shape index (κ1) is 19.7. The Morgan fingerprint density at radius 3 is 2.62 bits per heavy atom. The van der Waals surface area contributed by atoms with Gasteiger partial charge in [0.2, 0.25) is 11.8 Å². The van der Waals surface area contributed by atoms with Crippen molar-refractivity contribution in [3.63, 3.8) is 0 Å². The van der Waals surface area contributed by atoms with Crippen molar-refractivity contribution in [1.29, 1.82) is 0 Å². The Morgan fingerprint density at radius 2 is 1.93 bits per heavy atom. The van der Waals surface area contributed by atoms with Crippen LogP contribution in [-0.4, -0.2) is 64.0 Å². The number of imidazole rings is 1. The maximum Gasteiger partial charge on any atom is 0.274 e. The lowest BCUT2D eigenvalue weighted by Gasteiger charge is -2.40. The molecule has 1 N–H and O–H groups in total. The van der Waals surface area contributed by atoms with E-state index >= 15 is 0 Å². The van der Waals surface area contributed by atoms with Gasteiger partial charge in [0, 0.05) is 43.6 Å². The average Bonchev–Trinajstić information content (AvgIpc) is 3.19. The highest BCUT2D eigenvalue weighted by molar-refractivity contribution is 5.93. The molecule has 2 aliphatic heterocycles. The molecule has 8 nitrogen and oxygen atoms in total. The molecule has 0 aromatic carbocycles. The van der Waals surface area contributed by atoms with Crippen molar-refractivity contribution in [3.8, 4) is 5.88 Å². The number of aromatic nitrogens is 4. The molecule has 0 saturated carbocycles. The number of hydrogen-bond donors (Lipinski definition) is 1. The fourth-order valence-corrected chi connectivity index (χ4v) is 4.65. The molecule has 0 spiro atoms. The van der Waals surface area contributed by atoms with Crippen LogP contribution in [0.25, 0.3) is 0 Å². The number of carbonyl (C=O) groups is 1. The van der Waals surface area contributed by atoms with Crippen LogP contribution in [0, 0.1) is 25.7 Å². The standard InChI is InChI=1S/C21H30N6O2/c1-14-11-18(29-3)25-21(24-14)27-8-4-5-17(12-27)16-6-9-26(10-7-16)20(28)19-15(2)22-13-23-19/h11,13,16-17H,4-10,12H2,1-3H3,(H,22,23). The van der Waals surface area contributed by atoms with Gasteiger partial charge in [0.15, 0.2) is 0 Å². The number of rotatable bonds is 4. The molecule has 2 saturated heterocycles. The molecule has 4 rings (SSSR count). The Balaban J connectivity index is 1.37. The van der Waals surface area contributed by atoms with E-state index in [1.165, 1.54) is 6.42 Å². The predicted molar refractivity (Wildman–Crippen MR) is 110 cm³/mol. The van der Waals surface area contributed by atoms with Gasteiger partial charge >= 0.3 is 0 Å². The fraction of sp³-hybridized carbons (Fsp3) is 0.619. The number of aromatic amines is 1. The number of H-pyrrole nitrogens is 1. The normalized spacial score (nSPS) is 20.7. The lowest BCUT2D eigenvalue weighted by molar-refractivity contribution is 0.0644. The van der Waals surface area contributed by atoms with Gasteiger partial charge in [0.25, 0.3) is 5.91 Å². The van der Waals surface area contributed by atoms with E-state index in [4.69, 9.17) is 4.74 Å². The number of anilines is 1. The summed E-state index contributed by atoms with van der Waals surface area (Å²) in [6, 6.07) is 1.86. The Hall–Kier alpha value is -2.64. The summed E-state index contributed by atoms with van der Waals surface area (Å²) in [5, 5.41) is 0. The van der Waals surface area contributed by atoms with Crippen LogP contribution in [0.3, 0.4) is 0 Å². The molecule has 0 radical (unpaired) electrons. The molecular weight excluding hydrogens is 368 g/mol. The van der Waals surface area contributed by atoms with Crippen LogP contribution < -0.4 is 9.64 Å². The molecule has 0 aliphatic carbocycles. The molecule has 1 amide bonds. The summed E-state index contributed by atoms with van der Waals surface area (Å²) in [6.07, 6.45) is 6.07. The van der Waals surface area contributed by atoms with Gasteiger partial charge in [-0.1, -0.05) is 0 Å². The van der Waals surface area contributed by atoms with E-state index in [0.29, 0.717) is 23.4 Å². The molecule has 2 fully saturated rings. The van der Waals surface area contributed by atoms with Gasteiger partial charge in [-0.15, -0.1) is 0 Å². The van der Waals surface area contributed by atoms with E-state index in [2.05, 4.69) is 24.8 Å². The number of piperidine rings is 2. The second-order valence-corrected chi connectivity index (χ2v) is 8.21. The zero-order valence-corrected chi connectivity index (χ0v) is 17.5. The van der Waals surface area contributed by atoms with Crippen molar-refractivity contribution in [2.75, 3.05) is 38.2 Å². The van der Waals surface area contributed by atoms with Gasteiger partial charge in [0.05, 0.1) is 13.4 Å². The van der Waals surface area contributed by atoms with Crippen LogP contribution in [0.1, 0.15) is 47.6 Å². The second kappa shape index (κ2) is 8.39. The number of amides is 1. The number of nitrogens with zero attached hydrogens (tertiary/aromatic N) is 5. The topological polar surface area (TPSA) is 87.2 Å². The van der Waals surface area contributed by atoms with Gasteiger partial charge in [-0.05, 0) is 51.4 Å². The maximum absolute atomic E-state index is 12.7. The lowest BCUT2D eigenvalue weighted by Crippen LogP contribution is -2.44. The monoisotopic (exact) mass is 398 g/mol. The third kappa shape index (κ3) is 4.21. The highest BCUT2D eigenvalue weighted by atomic mass is 16.5. The molecule has 0 bridgehead atoms. The average molecular weight is 399 g/mol. The second-order valence-electron chi connectivity index (χ2n) is 8.21. The summed E-state index contributed by atoms with van der Waals surface area (Å²) in [7, 11) is 1.64. The molecule has 8 heteroatoms. The van der Waals surface area contributed by atoms with Crippen LogP contribution in [0.4, 0.5) is 5.95 Å². The van der Waals surface area contributed by atoms with E-state index in [1.54, 1.807) is 13.4 Å². The molecule has 29 heavy (non-hydrogen) atoms. The third-order valence-electron chi connectivity index (χ3n) is 6.29. The van der Waals surface area contributed by atoms with E-state index < -0.39 is 0 Å². The Kier molecular flexibility index (Phi) is 5.69. The smallest absolute Gasteiger partial charge is 0.274 e. The van der Waals surface area contributed by atoms with Crippen molar-refractivity contribution < 1.29 is 9.53 Å². The van der Waals surface area contributed by atoms with Crippen LogP contribution in [0.5, 0.6) is 5.88 Å².